The third kappa shape index (κ3) is 6.27. The van der Waals surface area contributed by atoms with Crippen LogP contribution in [0, 0.1) is 0 Å². The largest absolute Gasteiger partial charge is 0.479 e. The van der Waals surface area contributed by atoms with E-state index in [1.54, 1.807) is 24.3 Å². The monoisotopic (exact) mass is 294 g/mol. The maximum absolute atomic E-state index is 10.9. The summed E-state index contributed by atoms with van der Waals surface area (Å²) < 4.78 is 0. The molecule has 0 bridgehead atoms. The Hall–Kier alpha value is -1.39. The molecule has 4 heteroatoms. The number of hydrogen-bond donors (Lipinski definition) is 3. The van der Waals surface area contributed by atoms with Crippen LogP contribution in [0.5, 0.6) is 0 Å². The minimum absolute atomic E-state index is 0.370. The van der Waals surface area contributed by atoms with Gasteiger partial charge in [0.05, 0.1) is 6.10 Å². The van der Waals surface area contributed by atoms with Gasteiger partial charge in [0, 0.05) is 0 Å². The van der Waals surface area contributed by atoms with Gasteiger partial charge in [-0.25, -0.2) is 4.79 Å². The van der Waals surface area contributed by atoms with Crippen molar-refractivity contribution in [3.63, 3.8) is 0 Å². The summed E-state index contributed by atoms with van der Waals surface area (Å²) in [5, 5.41) is 28.7. The molecule has 118 valence electrons. The fraction of sp³-hybridized carbons (Fsp3) is 0.588. The summed E-state index contributed by atoms with van der Waals surface area (Å²) in [5.74, 6) is -1.27. The van der Waals surface area contributed by atoms with Crippen LogP contribution in [0.3, 0.4) is 0 Å². The predicted octanol–water partition coefficient (Wildman–Crippen LogP) is 3.07. The second kappa shape index (κ2) is 9.53. The molecule has 0 fully saturated rings. The standard InChI is InChI=1S/C17H26O4/c1-2-3-4-5-6-10-14(18)12-13-9-7-8-11-15(13)16(19)17(20)21/h7-9,11,14,16,18-19H,2-6,10,12H2,1H3,(H,20,21). The van der Waals surface area contributed by atoms with Crippen molar-refractivity contribution >= 4 is 5.97 Å². The number of aliphatic hydroxyl groups excluding tert-OH is 2. The molecular weight excluding hydrogens is 268 g/mol. The summed E-state index contributed by atoms with van der Waals surface area (Å²) in [5.41, 5.74) is 1.07. The molecule has 1 aromatic rings. The van der Waals surface area contributed by atoms with E-state index in [9.17, 15) is 15.0 Å². The van der Waals surface area contributed by atoms with Crippen LogP contribution in [0.1, 0.15) is 62.7 Å². The van der Waals surface area contributed by atoms with E-state index in [4.69, 9.17) is 5.11 Å². The van der Waals surface area contributed by atoms with E-state index in [0.29, 0.717) is 24.0 Å². The van der Waals surface area contributed by atoms with Crippen molar-refractivity contribution in [2.45, 2.75) is 64.1 Å². The molecule has 2 atom stereocenters. The normalized spacial score (nSPS) is 13.9. The van der Waals surface area contributed by atoms with Crippen LogP contribution in [-0.2, 0) is 11.2 Å². The third-order valence-electron chi connectivity index (χ3n) is 3.68. The molecule has 21 heavy (non-hydrogen) atoms. The lowest BCUT2D eigenvalue weighted by Gasteiger charge is -2.15. The Labute approximate surface area is 126 Å². The number of carboxylic acids is 1. The number of hydrogen-bond acceptors (Lipinski definition) is 3. The molecule has 0 aliphatic heterocycles. The van der Waals surface area contributed by atoms with Gasteiger partial charge in [-0.05, 0) is 24.0 Å². The number of rotatable bonds is 10. The first-order valence-electron chi connectivity index (χ1n) is 7.73. The van der Waals surface area contributed by atoms with Gasteiger partial charge in [0.25, 0.3) is 0 Å². The van der Waals surface area contributed by atoms with Gasteiger partial charge in [0.1, 0.15) is 0 Å². The first kappa shape index (κ1) is 17.7. The Balaban J connectivity index is 2.52. The molecule has 0 heterocycles. The van der Waals surface area contributed by atoms with Crippen LogP contribution in [0.15, 0.2) is 24.3 Å². The molecular formula is C17H26O4. The topological polar surface area (TPSA) is 77.8 Å². The predicted molar refractivity (Wildman–Crippen MR) is 82.1 cm³/mol. The van der Waals surface area contributed by atoms with Crippen LogP contribution in [0.2, 0.25) is 0 Å². The van der Waals surface area contributed by atoms with E-state index in [2.05, 4.69) is 6.92 Å². The molecule has 0 spiro atoms. The molecule has 0 aliphatic carbocycles. The Bertz CT molecular complexity index is 431. The zero-order valence-electron chi connectivity index (χ0n) is 12.7. The number of unbranched alkanes of at least 4 members (excludes halogenated alkanes) is 4. The van der Waals surface area contributed by atoms with Gasteiger partial charge >= 0.3 is 5.97 Å². The van der Waals surface area contributed by atoms with Crippen LogP contribution in [0.25, 0.3) is 0 Å². The summed E-state index contributed by atoms with van der Waals surface area (Å²) in [7, 11) is 0. The van der Waals surface area contributed by atoms with Gasteiger partial charge in [-0.3, -0.25) is 0 Å². The van der Waals surface area contributed by atoms with E-state index < -0.39 is 18.2 Å². The quantitative estimate of drug-likeness (QED) is 0.580. The molecule has 1 rings (SSSR count). The van der Waals surface area contributed by atoms with Crippen molar-refractivity contribution in [1.82, 2.24) is 0 Å². The fourth-order valence-corrected chi connectivity index (χ4v) is 2.46. The number of aliphatic carboxylic acids is 1. The lowest BCUT2D eigenvalue weighted by Crippen LogP contribution is -2.16. The minimum Gasteiger partial charge on any atom is -0.479 e. The van der Waals surface area contributed by atoms with Crippen molar-refractivity contribution in [3.8, 4) is 0 Å². The van der Waals surface area contributed by atoms with Gasteiger partial charge in [-0.15, -0.1) is 0 Å². The van der Waals surface area contributed by atoms with Gasteiger partial charge in [0.2, 0.25) is 0 Å². The van der Waals surface area contributed by atoms with E-state index in [-0.39, 0.29) is 0 Å². The SMILES string of the molecule is CCCCCCCC(O)Cc1ccccc1C(O)C(=O)O. The Kier molecular flexibility index (Phi) is 8.01. The van der Waals surface area contributed by atoms with Crippen molar-refractivity contribution < 1.29 is 20.1 Å². The Morgan fingerprint density at radius 1 is 1.10 bits per heavy atom. The highest BCUT2D eigenvalue weighted by atomic mass is 16.4. The van der Waals surface area contributed by atoms with Crippen LogP contribution in [-0.4, -0.2) is 27.4 Å². The molecule has 0 aliphatic rings. The van der Waals surface area contributed by atoms with Crippen LogP contribution in [0.4, 0.5) is 0 Å². The first-order valence-corrected chi connectivity index (χ1v) is 7.73. The van der Waals surface area contributed by atoms with E-state index >= 15 is 0 Å². The highest BCUT2D eigenvalue weighted by Gasteiger charge is 2.20. The van der Waals surface area contributed by atoms with Gasteiger partial charge in [-0.2, -0.15) is 0 Å². The average molecular weight is 294 g/mol. The summed E-state index contributed by atoms with van der Waals surface area (Å²) in [6, 6.07) is 6.85. The van der Waals surface area contributed by atoms with E-state index in [1.807, 2.05) is 0 Å². The first-order chi connectivity index (χ1) is 10.1. The summed E-state index contributed by atoms with van der Waals surface area (Å²) in [6.45, 7) is 2.17. The Morgan fingerprint density at radius 3 is 2.43 bits per heavy atom. The number of carboxylic acid groups (broad SMARTS) is 1. The molecule has 0 saturated heterocycles. The maximum atomic E-state index is 10.9. The van der Waals surface area contributed by atoms with Gasteiger partial charge in [0.15, 0.2) is 6.10 Å². The van der Waals surface area contributed by atoms with Crippen LogP contribution < -0.4 is 0 Å². The molecule has 0 saturated carbocycles. The van der Waals surface area contributed by atoms with E-state index in [1.165, 1.54) is 19.3 Å². The Morgan fingerprint density at radius 2 is 1.76 bits per heavy atom. The molecule has 2 unspecified atom stereocenters. The van der Waals surface area contributed by atoms with Crippen molar-refractivity contribution in [3.05, 3.63) is 35.4 Å². The highest BCUT2D eigenvalue weighted by Crippen LogP contribution is 2.21. The lowest BCUT2D eigenvalue weighted by atomic mass is 9.95. The van der Waals surface area contributed by atoms with Crippen LogP contribution >= 0.6 is 0 Å². The molecule has 1 aromatic carbocycles. The summed E-state index contributed by atoms with van der Waals surface area (Å²) in [6.07, 6.45) is 4.78. The van der Waals surface area contributed by atoms with Crippen molar-refractivity contribution in [2.75, 3.05) is 0 Å². The third-order valence-corrected chi connectivity index (χ3v) is 3.68. The second-order valence-corrected chi connectivity index (χ2v) is 5.50. The molecule has 3 N–H and O–H groups in total. The fourth-order valence-electron chi connectivity index (χ4n) is 2.46. The number of carbonyl (C=O) groups is 1. The summed E-state index contributed by atoms with van der Waals surface area (Å²) in [4.78, 5) is 10.9. The zero-order valence-corrected chi connectivity index (χ0v) is 12.7. The summed E-state index contributed by atoms with van der Waals surface area (Å²) >= 11 is 0. The highest BCUT2D eigenvalue weighted by molar-refractivity contribution is 5.74. The van der Waals surface area contributed by atoms with Crippen molar-refractivity contribution in [1.29, 1.82) is 0 Å². The molecule has 0 amide bonds. The lowest BCUT2D eigenvalue weighted by molar-refractivity contribution is -0.147. The molecule has 0 aromatic heterocycles. The average Bonchev–Trinajstić information content (AvgIpc) is 2.46. The van der Waals surface area contributed by atoms with Gasteiger partial charge in [-0.1, -0.05) is 63.3 Å². The maximum Gasteiger partial charge on any atom is 0.337 e. The van der Waals surface area contributed by atoms with Gasteiger partial charge < -0.3 is 15.3 Å². The van der Waals surface area contributed by atoms with E-state index in [0.717, 1.165) is 12.8 Å². The smallest absolute Gasteiger partial charge is 0.337 e. The minimum atomic E-state index is -1.53. The molecule has 4 nitrogen and oxygen atoms in total. The second-order valence-electron chi connectivity index (χ2n) is 5.50. The number of benzene rings is 1. The molecule has 0 radical (unpaired) electrons. The number of aliphatic hydroxyl groups is 2. The zero-order chi connectivity index (χ0) is 15.7. The van der Waals surface area contributed by atoms with Crippen molar-refractivity contribution in [2.24, 2.45) is 0 Å².